The van der Waals surface area contributed by atoms with E-state index in [4.69, 9.17) is 0 Å². The van der Waals surface area contributed by atoms with E-state index in [-0.39, 0.29) is 17.7 Å². The molecule has 4 nitrogen and oxygen atoms in total. The Morgan fingerprint density at radius 3 is 2.89 bits per heavy atom. The number of hydrogen-bond donors (Lipinski definition) is 3. The summed E-state index contributed by atoms with van der Waals surface area (Å²) in [5.74, 6) is -0.974. The quantitative estimate of drug-likeness (QED) is 0.662. The molecule has 3 N–H and O–H groups in total. The molecule has 1 amide bonds. The lowest BCUT2D eigenvalue weighted by molar-refractivity contribution is -0.121. The molecule has 0 spiro atoms. The van der Waals surface area contributed by atoms with E-state index in [2.05, 4.69) is 10.6 Å². The first-order valence-corrected chi connectivity index (χ1v) is 6.51. The summed E-state index contributed by atoms with van der Waals surface area (Å²) in [6.45, 7) is 4.78. The van der Waals surface area contributed by atoms with E-state index in [0.717, 1.165) is 6.42 Å². The first kappa shape index (κ1) is 15.4. The van der Waals surface area contributed by atoms with E-state index >= 15 is 0 Å². The Kier molecular flexibility index (Phi) is 6.29. The molecule has 0 aliphatic heterocycles. The third-order valence-electron chi connectivity index (χ3n) is 2.93. The van der Waals surface area contributed by atoms with Gasteiger partial charge in [0.15, 0.2) is 11.6 Å². The summed E-state index contributed by atoms with van der Waals surface area (Å²) >= 11 is 0. The average molecular weight is 268 g/mol. The van der Waals surface area contributed by atoms with Crippen molar-refractivity contribution in [3.63, 3.8) is 0 Å². The second kappa shape index (κ2) is 7.74. The van der Waals surface area contributed by atoms with Crippen LogP contribution in [0.5, 0.6) is 5.75 Å². The minimum atomic E-state index is -0.631. The van der Waals surface area contributed by atoms with Crippen LogP contribution in [0.2, 0.25) is 0 Å². The first-order valence-electron chi connectivity index (χ1n) is 6.51. The zero-order chi connectivity index (χ0) is 14.3. The number of nitrogens with one attached hydrogen (secondary N) is 2. The molecule has 0 saturated carbocycles. The molecular formula is C14H21FN2O2. The molecule has 0 bridgehead atoms. The van der Waals surface area contributed by atoms with E-state index in [0.29, 0.717) is 25.1 Å². The molecule has 5 heteroatoms. The number of amides is 1. The van der Waals surface area contributed by atoms with E-state index in [9.17, 15) is 14.3 Å². The van der Waals surface area contributed by atoms with Crippen molar-refractivity contribution in [2.45, 2.75) is 39.3 Å². The minimum Gasteiger partial charge on any atom is -0.505 e. The highest BCUT2D eigenvalue weighted by Gasteiger charge is 2.07. The van der Waals surface area contributed by atoms with Crippen molar-refractivity contribution in [3.8, 4) is 5.75 Å². The second-order valence-corrected chi connectivity index (χ2v) is 4.55. The highest BCUT2D eigenvalue weighted by Crippen LogP contribution is 2.20. The maximum Gasteiger partial charge on any atom is 0.221 e. The summed E-state index contributed by atoms with van der Waals surface area (Å²) in [6.07, 6.45) is 1.26. The van der Waals surface area contributed by atoms with Gasteiger partial charge in [0.2, 0.25) is 5.91 Å². The Morgan fingerprint density at radius 1 is 1.47 bits per heavy atom. The van der Waals surface area contributed by atoms with Gasteiger partial charge in [-0.1, -0.05) is 19.1 Å². The predicted octanol–water partition coefficient (Wildman–Crippen LogP) is 1.93. The van der Waals surface area contributed by atoms with E-state index < -0.39 is 5.82 Å². The summed E-state index contributed by atoms with van der Waals surface area (Å²) in [5.41, 5.74) is 0.488. The molecule has 1 atom stereocenters. The van der Waals surface area contributed by atoms with Gasteiger partial charge in [-0.3, -0.25) is 4.79 Å². The number of phenolic OH excluding ortho intramolecular Hbond substituents is 1. The number of rotatable bonds is 7. The van der Waals surface area contributed by atoms with E-state index in [1.807, 2.05) is 13.8 Å². The average Bonchev–Trinajstić information content (AvgIpc) is 2.39. The largest absolute Gasteiger partial charge is 0.505 e. The van der Waals surface area contributed by atoms with Crippen LogP contribution >= 0.6 is 0 Å². The molecule has 0 aliphatic carbocycles. The van der Waals surface area contributed by atoms with Gasteiger partial charge < -0.3 is 15.7 Å². The molecule has 0 heterocycles. The Labute approximate surface area is 113 Å². The van der Waals surface area contributed by atoms with Crippen molar-refractivity contribution in [1.82, 2.24) is 10.6 Å². The normalized spacial score (nSPS) is 12.2. The van der Waals surface area contributed by atoms with Crippen LogP contribution in [0, 0.1) is 5.82 Å². The predicted molar refractivity (Wildman–Crippen MR) is 72.3 cm³/mol. The molecule has 1 aromatic carbocycles. The number of aromatic hydroxyl groups is 1. The van der Waals surface area contributed by atoms with Gasteiger partial charge in [-0.15, -0.1) is 0 Å². The van der Waals surface area contributed by atoms with Crippen LogP contribution in [-0.4, -0.2) is 23.6 Å². The summed E-state index contributed by atoms with van der Waals surface area (Å²) in [6, 6.07) is 4.57. The van der Waals surface area contributed by atoms with E-state index in [1.165, 1.54) is 6.07 Å². The lowest BCUT2D eigenvalue weighted by Crippen LogP contribution is -2.33. The molecule has 0 radical (unpaired) electrons. The molecule has 0 aliphatic rings. The van der Waals surface area contributed by atoms with Gasteiger partial charge in [-0.05, 0) is 19.4 Å². The van der Waals surface area contributed by atoms with Crippen LogP contribution in [-0.2, 0) is 11.3 Å². The third-order valence-corrected chi connectivity index (χ3v) is 2.93. The first-order chi connectivity index (χ1) is 9.04. The number of carbonyl (C=O) groups is 1. The molecule has 0 aromatic heterocycles. The highest BCUT2D eigenvalue weighted by atomic mass is 19.1. The Morgan fingerprint density at radius 2 is 2.21 bits per heavy atom. The number of para-hydroxylation sites is 1. The highest BCUT2D eigenvalue weighted by molar-refractivity contribution is 5.76. The van der Waals surface area contributed by atoms with Gasteiger partial charge in [0.05, 0.1) is 0 Å². The van der Waals surface area contributed by atoms with Gasteiger partial charge in [0.25, 0.3) is 0 Å². The molecule has 0 saturated heterocycles. The summed E-state index contributed by atoms with van der Waals surface area (Å²) in [5, 5.41) is 15.3. The van der Waals surface area contributed by atoms with Crippen LogP contribution in [0.3, 0.4) is 0 Å². The smallest absolute Gasteiger partial charge is 0.221 e. The monoisotopic (exact) mass is 268 g/mol. The maximum atomic E-state index is 13.1. The zero-order valence-electron chi connectivity index (χ0n) is 11.4. The molecule has 1 rings (SSSR count). The van der Waals surface area contributed by atoms with Crippen molar-refractivity contribution in [3.05, 3.63) is 29.6 Å². The Hall–Kier alpha value is -1.62. The lowest BCUT2D eigenvalue weighted by atomic mass is 10.2. The second-order valence-electron chi connectivity index (χ2n) is 4.55. The van der Waals surface area contributed by atoms with E-state index in [1.54, 1.807) is 12.1 Å². The fourth-order valence-corrected chi connectivity index (χ4v) is 1.58. The van der Waals surface area contributed by atoms with Crippen LogP contribution in [0.4, 0.5) is 4.39 Å². The van der Waals surface area contributed by atoms with Crippen molar-refractivity contribution in [1.29, 1.82) is 0 Å². The van der Waals surface area contributed by atoms with Crippen LogP contribution < -0.4 is 10.6 Å². The van der Waals surface area contributed by atoms with Gasteiger partial charge in [-0.25, -0.2) is 4.39 Å². The number of hydrogen-bond acceptors (Lipinski definition) is 3. The number of carbonyl (C=O) groups excluding carboxylic acids is 1. The van der Waals surface area contributed by atoms with Crippen molar-refractivity contribution >= 4 is 5.91 Å². The fraction of sp³-hybridized carbons (Fsp3) is 0.500. The SMILES string of the molecule is CCC(C)NC(=O)CCNCc1cccc(F)c1O. The minimum absolute atomic E-state index is 0.00897. The van der Waals surface area contributed by atoms with Crippen molar-refractivity contribution in [2.75, 3.05) is 6.54 Å². The Balaban J connectivity index is 2.27. The number of benzene rings is 1. The summed E-state index contributed by atoms with van der Waals surface area (Å²) < 4.78 is 13.1. The molecular weight excluding hydrogens is 247 g/mol. The van der Waals surface area contributed by atoms with Crippen molar-refractivity contribution < 1.29 is 14.3 Å². The maximum absolute atomic E-state index is 13.1. The molecule has 1 unspecified atom stereocenters. The topological polar surface area (TPSA) is 61.4 Å². The number of phenols is 1. The Bertz CT molecular complexity index is 424. The van der Waals surface area contributed by atoms with Gasteiger partial charge in [0, 0.05) is 31.1 Å². The van der Waals surface area contributed by atoms with Gasteiger partial charge in [-0.2, -0.15) is 0 Å². The standard InChI is InChI=1S/C14H21FN2O2/c1-3-10(2)17-13(18)7-8-16-9-11-5-4-6-12(15)14(11)19/h4-6,10,16,19H,3,7-9H2,1-2H3,(H,17,18). The molecule has 106 valence electrons. The third kappa shape index (κ3) is 5.26. The lowest BCUT2D eigenvalue weighted by Gasteiger charge is -2.11. The van der Waals surface area contributed by atoms with Crippen LogP contribution in [0.1, 0.15) is 32.3 Å². The van der Waals surface area contributed by atoms with Gasteiger partial charge >= 0.3 is 0 Å². The van der Waals surface area contributed by atoms with Crippen LogP contribution in [0.15, 0.2) is 18.2 Å². The fourth-order valence-electron chi connectivity index (χ4n) is 1.58. The number of halogens is 1. The molecule has 0 fully saturated rings. The summed E-state index contributed by atoms with van der Waals surface area (Å²) in [4.78, 5) is 11.5. The van der Waals surface area contributed by atoms with Crippen LogP contribution in [0.25, 0.3) is 0 Å². The molecule has 19 heavy (non-hydrogen) atoms. The molecule has 1 aromatic rings. The summed E-state index contributed by atoms with van der Waals surface area (Å²) in [7, 11) is 0. The zero-order valence-corrected chi connectivity index (χ0v) is 11.4. The van der Waals surface area contributed by atoms with Gasteiger partial charge in [0.1, 0.15) is 0 Å². The van der Waals surface area contributed by atoms with Crippen molar-refractivity contribution in [2.24, 2.45) is 0 Å².